The number of hydrogen-bond donors (Lipinski definition) is 1. The van der Waals surface area contributed by atoms with Gasteiger partial charge in [-0.15, -0.1) is 0 Å². The van der Waals surface area contributed by atoms with E-state index in [1.165, 1.54) is 11.1 Å². The highest BCUT2D eigenvalue weighted by Crippen LogP contribution is 2.26. The minimum atomic E-state index is 0.0722. The van der Waals surface area contributed by atoms with Gasteiger partial charge in [0.15, 0.2) is 0 Å². The Morgan fingerprint density at radius 2 is 1.86 bits per heavy atom. The van der Waals surface area contributed by atoms with Crippen LogP contribution in [0.4, 0.5) is 0 Å². The van der Waals surface area contributed by atoms with Gasteiger partial charge in [0, 0.05) is 24.5 Å². The summed E-state index contributed by atoms with van der Waals surface area (Å²) < 4.78 is 5.43. The first-order valence-corrected chi connectivity index (χ1v) is 6.94. The number of benzene rings is 1. The second-order valence-corrected chi connectivity index (χ2v) is 5.10. The third-order valence-corrected chi connectivity index (χ3v) is 3.76. The standard InChI is InChI=1S/C16H14N4O/c1-2-4-13-10-18-14(9-12(13)3-1)16-19-15(20-21-16)11-5-7-17-8-6-11/h1-8,14,18H,9-10H2. The molecular weight excluding hydrogens is 264 g/mol. The molecule has 0 radical (unpaired) electrons. The smallest absolute Gasteiger partial charge is 0.244 e. The maximum atomic E-state index is 5.43. The molecule has 3 heterocycles. The van der Waals surface area contributed by atoms with Crippen molar-refractivity contribution in [2.45, 2.75) is 19.0 Å². The Kier molecular flexibility index (Phi) is 2.97. The van der Waals surface area contributed by atoms with Crippen LogP contribution in [0, 0.1) is 0 Å². The highest BCUT2D eigenvalue weighted by Gasteiger charge is 2.24. The Morgan fingerprint density at radius 1 is 1.05 bits per heavy atom. The summed E-state index contributed by atoms with van der Waals surface area (Å²) in [5.41, 5.74) is 3.59. The van der Waals surface area contributed by atoms with Gasteiger partial charge in [-0.1, -0.05) is 29.4 Å². The fourth-order valence-corrected chi connectivity index (χ4v) is 2.62. The summed E-state index contributed by atoms with van der Waals surface area (Å²) in [7, 11) is 0. The highest BCUT2D eigenvalue weighted by atomic mass is 16.5. The Labute approximate surface area is 122 Å². The highest BCUT2D eigenvalue weighted by molar-refractivity contribution is 5.52. The fourth-order valence-electron chi connectivity index (χ4n) is 2.62. The summed E-state index contributed by atoms with van der Waals surface area (Å²) in [6.45, 7) is 0.827. The zero-order valence-corrected chi connectivity index (χ0v) is 11.4. The molecule has 3 aromatic rings. The van der Waals surface area contributed by atoms with Crippen molar-refractivity contribution in [1.29, 1.82) is 0 Å². The summed E-state index contributed by atoms with van der Waals surface area (Å²) in [4.78, 5) is 8.50. The first kappa shape index (κ1) is 12.2. The molecule has 0 fully saturated rings. The van der Waals surface area contributed by atoms with E-state index in [4.69, 9.17) is 4.52 Å². The van der Waals surface area contributed by atoms with E-state index in [0.29, 0.717) is 11.7 Å². The number of aromatic nitrogens is 3. The summed E-state index contributed by atoms with van der Waals surface area (Å²) >= 11 is 0. The lowest BCUT2D eigenvalue weighted by molar-refractivity contribution is 0.321. The molecule has 0 spiro atoms. The van der Waals surface area contributed by atoms with Gasteiger partial charge in [-0.3, -0.25) is 4.98 Å². The first-order valence-electron chi connectivity index (χ1n) is 6.94. The van der Waals surface area contributed by atoms with E-state index in [2.05, 4.69) is 44.7 Å². The van der Waals surface area contributed by atoms with Crippen LogP contribution >= 0.6 is 0 Å². The molecule has 1 aromatic carbocycles. The van der Waals surface area contributed by atoms with E-state index < -0.39 is 0 Å². The van der Waals surface area contributed by atoms with Crippen molar-refractivity contribution >= 4 is 0 Å². The molecule has 1 atom stereocenters. The first-order chi connectivity index (χ1) is 10.4. The number of rotatable bonds is 2. The van der Waals surface area contributed by atoms with Crippen molar-refractivity contribution in [2.75, 3.05) is 0 Å². The molecule has 21 heavy (non-hydrogen) atoms. The number of nitrogens with one attached hydrogen (secondary N) is 1. The van der Waals surface area contributed by atoms with Crippen molar-refractivity contribution in [2.24, 2.45) is 0 Å². The monoisotopic (exact) mass is 278 g/mol. The van der Waals surface area contributed by atoms with E-state index in [0.717, 1.165) is 18.5 Å². The van der Waals surface area contributed by atoms with Crippen LogP contribution in [0.25, 0.3) is 11.4 Å². The second-order valence-electron chi connectivity index (χ2n) is 5.10. The lowest BCUT2D eigenvalue weighted by atomic mass is 9.96. The molecule has 5 heteroatoms. The molecule has 0 aliphatic carbocycles. The van der Waals surface area contributed by atoms with Gasteiger partial charge in [-0.05, 0) is 29.7 Å². The van der Waals surface area contributed by atoms with Crippen molar-refractivity contribution in [3.8, 4) is 11.4 Å². The van der Waals surface area contributed by atoms with E-state index in [1.54, 1.807) is 12.4 Å². The van der Waals surface area contributed by atoms with Crippen molar-refractivity contribution in [3.63, 3.8) is 0 Å². The normalized spacial score (nSPS) is 17.4. The van der Waals surface area contributed by atoms with Gasteiger partial charge in [0.05, 0.1) is 6.04 Å². The Morgan fingerprint density at radius 3 is 2.71 bits per heavy atom. The number of nitrogens with zero attached hydrogens (tertiary/aromatic N) is 3. The minimum absolute atomic E-state index is 0.0722. The zero-order valence-electron chi connectivity index (χ0n) is 11.4. The lowest BCUT2D eigenvalue weighted by Crippen LogP contribution is -2.28. The fraction of sp³-hybridized carbons (Fsp3) is 0.188. The minimum Gasteiger partial charge on any atom is -0.337 e. The molecule has 104 valence electrons. The van der Waals surface area contributed by atoms with Gasteiger partial charge < -0.3 is 9.84 Å². The maximum Gasteiger partial charge on any atom is 0.244 e. The van der Waals surface area contributed by atoms with E-state index in [1.807, 2.05) is 12.1 Å². The van der Waals surface area contributed by atoms with Crippen LogP contribution in [0.15, 0.2) is 53.3 Å². The van der Waals surface area contributed by atoms with E-state index in [9.17, 15) is 0 Å². The molecule has 0 bridgehead atoms. The van der Waals surface area contributed by atoms with Gasteiger partial charge >= 0.3 is 0 Å². The largest absolute Gasteiger partial charge is 0.337 e. The van der Waals surface area contributed by atoms with Crippen molar-refractivity contribution in [3.05, 3.63) is 65.8 Å². The number of fused-ring (bicyclic) bond motifs is 1. The molecule has 4 rings (SSSR count). The molecule has 0 amide bonds. The molecule has 1 aliphatic heterocycles. The molecule has 1 unspecified atom stereocenters. The second kappa shape index (κ2) is 5.10. The molecule has 1 aliphatic rings. The predicted molar refractivity (Wildman–Crippen MR) is 77.3 cm³/mol. The van der Waals surface area contributed by atoms with E-state index in [-0.39, 0.29) is 6.04 Å². The van der Waals surface area contributed by atoms with Crippen LogP contribution in [-0.2, 0) is 13.0 Å². The molecule has 0 saturated carbocycles. The van der Waals surface area contributed by atoms with E-state index >= 15 is 0 Å². The SMILES string of the molecule is c1ccc2c(c1)CNC(c1nc(-c3ccncc3)no1)C2. The average molecular weight is 278 g/mol. The van der Waals surface area contributed by atoms with Crippen molar-refractivity contribution < 1.29 is 4.52 Å². The Bertz CT molecular complexity index is 754. The quantitative estimate of drug-likeness (QED) is 0.780. The van der Waals surface area contributed by atoms with Gasteiger partial charge in [0.1, 0.15) is 0 Å². The third-order valence-electron chi connectivity index (χ3n) is 3.76. The van der Waals surface area contributed by atoms with Crippen LogP contribution in [0.5, 0.6) is 0 Å². The van der Waals surface area contributed by atoms with Gasteiger partial charge in [0.2, 0.25) is 11.7 Å². The molecule has 0 saturated heterocycles. The molecule has 5 nitrogen and oxygen atoms in total. The Hall–Kier alpha value is -2.53. The third kappa shape index (κ3) is 2.32. The van der Waals surface area contributed by atoms with Gasteiger partial charge in [-0.25, -0.2) is 0 Å². The topological polar surface area (TPSA) is 63.8 Å². The summed E-state index contributed by atoms with van der Waals surface area (Å²) in [6.07, 6.45) is 4.31. The summed E-state index contributed by atoms with van der Waals surface area (Å²) in [5, 5.41) is 7.51. The zero-order chi connectivity index (χ0) is 14.1. The molecular formula is C16H14N4O. The predicted octanol–water partition coefficient (Wildman–Crippen LogP) is 2.52. The lowest BCUT2D eigenvalue weighted by Gasteiger charge is -2.23. The van der Waals surface area contributed by atoms with Crippen LogP contribution < -0.4 is 5.32 Å². The van der Waals surface area contributed by atoms with Crippen LogP contribution in [0.2, 0.25) is 0 Å². The number of pyridine rings is 1. The van der Waals surface area contributed by atoms with Crippen LogP contribution in [0.3, 0.4) is 0 Å². The molecule has 1 N–H and O–H groups in total. The van der Waals surface area contributed by atoms with Crippen LogP contribution in [-0.4, -0.2) is 15.1 Å². The Balaban J connectivity index is 1.60. The number of hydrogen-bond acceptors (Lipinski definition) is 5. The van der Waals surface area contributed by atoms with Gasteiger partial charge in [-0.2, -0.15) is 4.98 Å². The summed E-state index contributed by atoms with van der Waals surface area (Å²) in [5.74, 6) is 1.24. The van der Waals surface area contributed by atoms with Gasteiger partial charge in [0.25, 0.3) is 0 Å². The average Bonchev–Trinajstić information content (AvgIpc) is 3.05. The molecule has 2 aromatic heterocycles. The maximum absolute atomic E-state index is 5.43. The summed E-state index contributed by atoms with van der Waals surface area (Å²) in [6, 6.07) is 12.3. The van der Waals surface area contributed by atoms with Crippen LogP contribution in [0.1, 0.15) is 23.1 Å². The van der Waals surface area contributed by atoms with Crippen molar-refractivity contribution in [1.82, 2.24) is 20.4 Å².